The normalized spacial score (nSPS) is 10.4. The Morgan fingerprint density at radius 3 is 2.53 bits per heavy atom. The second-order valence-electron chi connectivity index (χ2n) is 3.66. The van der Waals surface area contributed by atoms with Crippen LogP contribution in [0.3, 0.4) is 0 Å². The highest BCUT2D eigenvalue weighted by atomic mass is 16.3. The van der Waals surface area contributed by atoms with E-state index in [1.165, 1.54) is 4.68 Å². The number of anilines is 1. The molecule has 1 aromatic carbocycles. The Balaban J connectivity index is 2.22. The molecule has 1 aromatic heterocycles. The number of benzene rings is 1. The predicted octanol–water partition coefficient (Wildman–Crippen LogP) is 0.318. The molecule has 0 radical (unpaired) electrons. The smallest absolute Gasteiger partial charge is 0.271 e. The van der Waals surface area contributed by atoms with Gasteiger partial charge in [-0.2, -0.15) is 5.10 Å². The van der Waals surface area contributed by atoms with Crippen LogP contribution < -0.4 is 11.5 Å². The Morgan fingerprint density at radius 2 is 2.00 bits per heavy atom. The zero-order chi connectivity index (χ0) is 12.4. The van der Waals surface area contributed by atoms with E-state index in [4.69, 9.17) is 16.6 Å². The van der Waals surface area contributed by atoms with Crippen molar-refractivity contribution in [3.8, 4) is 5.75 Å². The first-order chi connectivity index (χ1) is 8.06. The van der Waals surface area contributed by atoms with Gasteiger partial charge >= 0.3 is 0 Å². The maximum absolute atomic E-state index is 11.0. The van der Waals surface area contributed by atoms with Crippen LogP contribution in [-0.2, 0) is 6.54 Å². The molecular formula is C11H12N4O2. The summed E-state index contributed by atoms with van der Waals surface area (Å²) in [6.07, 6.45) is 1.55. The summed E-state index contributed by atoms with van der Waals surface area (Å²) in [5.41, 5.74) is 12.0. The average molecular weight is 232 g/mol. The third-order valence-corrected chi connectivity index (χ3v) is 2.30. The van der Waals surface area contributed by atoms with Gasteiger partial charge in [-0.15, -0.1) is 0 Å². The van der Waals surface area contributed by atoms with Crippen molar-refractivity contribution >= 4 is 11.6 Å². The first-order valence-electron chi connectivity index (χ1n) is 4.97. The van der Waals surface area contributed by atoms with Gasteiger partial charge in [0, 0.05) is 6.20 Å². The molecule has 2 aromatic rings. The number of primary amides is 1. The number of aromatic hydroxyl groups is 1. The average Bonchev–Trinajstić information content (AvgIpc) is 2.63. The van der Waals surface area contributed by atoms with E-state index in [0.29, 0.717) is 6.54 Å². The van der Waals surface area contributed by atoms with Gasteiger partial charge in [0.15, 0.2) is 5.69 Å². The lowest BCUT2D eigenvalue weighted by atomic mass is 10.2. The highest BCUT2D eigenvalue weighted by Gasteiger charge is 2.11. The van der Waals surface area contributed by atoms with E-state index in [-0.39, 0.29) is 17.1 Å². The molecule has 1 heterocycles. The van der Waals surface area contributed by atoms with E-state index in [1.807, 2.05) is 0 Å². The number of nitrogens with two attached hydrogens (primary N) is 2. The number of amides is 1. The van der Waals surface area contributed by atoms with Gasteiger partial charge in [-0.05, 0) is 17.7 Å². The van der Waals surface area contributed by atoms with Gasteiger partial charge in [0.2, 0.25) is 0 Å². The summed E-state index contributed by atoms with van der Waals surface area (Å²) in [6.45, 7) is 0.456. The van der Waals surface area contributed by atoms with Crippen molar-refractivity contribution < 1.29 is 9.90 Å². The molecule has 0 saturated heterocycles. The summed E-state index contributed by atoms with van der Waals surface area (Å²) < 4.78 is 1.53. The minimum absolute atomic E-state index is 0.0729. The molecule has 1 amide bonds. The van der Waals surface area contributed by atoms with E-state index >= 15 is 0 Å². The number of rotatable bonds is 3. The van der Waals surface area contributed by atoms with Crippen molar-refractivity contribution in [1.29, 1.82) is 0 Å². The van der Waals surface area contributed by atoms with Crippen LogP contribution in [0.2, 0.25) is 0 Å². The van der Waals surface area contributed by atoms with E-state index in [1.54, 1.807) is 30.5 Å². The molecule has 17 heavy (non-hydrogen) atoms. The first kappa shape index (κ1) is 11.0. The Bertz CT molecular complexity index is 545. The van der Waals surface area contributed by atoms with Crippen molar-refractivity contribution in [2.75, 3.05) is 5.73 Å². The first-order valence-corrected chi connectivity index (χ1v) is 4.97. The SMILES string of the molecule is NC(=O)c1nn(Cc2ccc(O)cc2)cc1N. The summed E-state index contributed by atoms with van der Waals surface area (Å²) in [5, 5.41) is 13.1. The van der Waals surface area contributed by atoms with Crippen LogP contribution in [0, 0.1) is 0 Å². The van der Waals surface area contributed by atoms with Gasteiger partial charge in [-0.1, -0.05) is 12.1 Å². The second kappa shape index (κ2) is 4.17. The number of nitrogens with zero attached hydrogens (tertiary/aromatic N) is 2. The van der Waals surface area contributed by atoms with Crippen LogP contribution in [0.25, 0.3) is 0 Å². The maximum Gasteiger partial charge on any atom is 0.271 e. The molecule has 0 unspecified atom stereocenters. The van der Waals surface area contributed by atoms with Crippen LogP contribution in [0.1, 0.15) is 16.1 Å². The molecule has 5 N–H and O–H groups in total. The Hall–Kier alpha value is -2.50. The molecular weight excluding hydrogens is 220 g/mol. The number of carbonyl (C=O) groups is 1. The zero-order valence-corrected chi connectivity index (χ0v) is 9.00. The molecule has 0 saturated carbocycles. The number of nitrogen functional groups attached to an aromatic ring is 1. The number of hydrogen-bond donors (Lipinski definition) is 3. The lowest BCUT2D eigenvalue weighted by molar-refractivity contribution is 0.0995. The van der Waals surface area contributed by atoms with E-state index in [9.17, 15) is 4.79 Å². The van der Waals surface area contributed by atoms with Crippen LogP contribution >= 0.6 is 0 Å². The van der Waals surface area contributed by atoms with Crippen LogP contribution in [0.4, 0.5) is 5.69 Å². The van der Waals surface area contributed by atoms with E-state index in [2.05, 4.69) is 5.10 Å². The lowest BCUT2D eigenvalue weighted by Crippen LogP contribution is -2.14. The van der Waals surface area contributed by atoms with Gasteiger partial charge in [-0.3, -0.25) is 9.48 Å². The molecule has 6 nitrogen and oxygen atoms in total. The molecule has 0 atom stereocenters. The Labute approximate surface area is 97.5 Å². The minimum Gasteiger partial charge on any atom is -0.508 e. The molecule has 2 rings (SSSR count). The van der Waals surface area contributed by atoms with Gasteiger partial charge < -0.3 is 16.6 Å². The fraction of sp³-hybridized carbons (Fsp3) is 0.0909. The van der Waals surface area contributed by atoms with Crippen molar-refractivity contribution in [3.05, 3.63) is 41.7 Å². The number of phenols is 1. The lowest BCUT2D eigenvalue weighted by Gasteiger charge is -2.01. The molecule has 0 bridgehead atoms. The summed E-state index contributed by atoms with van der Waals surface area (Å²) in [6, 6.07) is 6.68. The monoisotopic (exact) mass is 232 g/mol. The van der Waals surface area contributed by atoms with Gasteiger partial charge in [-0.25, -0.2) is 0 Å². The summed E-state index contributed by atoms with van der Waals surface area (Å²) in [7, 11) is 0. The third kappa shape index (κ3) is 2.36. The number of aromatic nitrogens is 2. The third-order valence-electron chi connectivity index (χ3n) is 2.30. The van der Waals surface area contributed by atoms with Gasteiger partial charge in [0.05, 0.1) is 12.2 Å². The number of carbonyl (C=O) groups excluding carboxylic acids is 1. The van der Waals surface area contributed by atoms with Crippen molar-refractivity contribution in [1.82, 2.24) is 9.78 Å². The Kier molecular flexibility index (Phi) is 2.70. The standard InChI is InChI=1S/C11H12N4O2/c12-9-6-15(14-10(9)11(13)17)5-7-1-3-8(16)4-2-7/h1-4,6,16H,5,12H2,(H2,13,17). The zero-order valence-electron chi connectivity index (χ0n) is 9.00. The molecule has 88 valence electrons. The summed E-state index contributed by atoms with van der Waals surface area (Å²) >= 11 is 0. The fourth-order valence-corrected chi connectivity index (χ4v) is 1.50. The van der Waals surface area contributed by atoms with Crippen LogP contribution in [-0.4, -0.2) is 20.8 Å². The molecule has 0 spiro atoms. The van der Waals surface area contributed by atoms with Gasteiger partial charge in [0.1, 0.15) is 5.75 Å². The maximum atomic E-state index is 11.0. The van der Waals surface area contributed by atoms with Crippen molar-refractivity contribution in [2.45, 2.75) is 6.54 Å². The second-order valence-corrected chi connectivity index (χ2v) is 3.66. The molecule has 6 heteroatoms. The molecule has 0 aliphatic rings. The molecule has 0 aliphatic heterocycles. The topological polar surface area (TPSA) is 107 Å². The highest BCUT2D eigenvalue weighted by molar-refractivity contribution is 5.95. The minimum atomic E-state index is -0.646. The quantitative estimate of drug-likeness (QED) is 0.708. The van der Waals surface area contributed by atoms with E-state index in [0.717, 1.165) is 5.56 Å². The molecule has 0 fully saturated rings. The summed E-state index contributed by atoms with van der Waals surface area (Å²) in [5.74, 6) is -0.446. The van der Waals surface area contributed by atoms with Crippen LogP contribution in [0.5, 0.6) is 5.75 Å². The van der Waals surface area contributed by atoms with Crippen molar-refractivity contribution in [2.24, 2.45) is 5.73 Å². The largest absolute Gasteiger partial charge is 0.508 e. The van der Waals surface area contributed by atoms with E-state index < -0.39 is 5.91 Å². The van der Waals surface area contributed by atoms with Crippen molar-refractivity contribution in [3.63, 3.8) is 0 Å². The predicted molar refractivity (Wildman–Crippen MR) is 62.4 cm³/mol. The number of phenolic OH excluding ortho intramolecular Hbond substituents is 1. The fourth-order valence-electron chi connectivity index (χ4n) is 1.50. The molecule has 0 aliphatic carbocycles. The van der Waals surface area contributed by atoms with Gasteiger partial charge in [0.25, 0.3) is 5.91 Å². The number of hydrogen-bond acceptors (Lipinski definition) is 4. The summed E-state index contributed by atoms with van der Waals surface area (Å²) in [4.78, 5) is 11.0. The highest BCUT2D eigenvalue weighted by Crippen LogP contribution is 2.13. The van der Waals surface area contributed by atoms with Crippen LogP contribution in [0.15, 0.2) is 30.5 Å². The Morgan fingerprint density at radius 1 is 1.35 bits per heavy atom.